The highest BCUT2D eigenvalue weighted by atomic mass is 19.4. The Hall–Kier alpha value is -1.57. The minimum absolute atomic E-state index is 0.138. The lowest BCUT2D eigenvalue weighted by molar-refractivity contribution is -0.174. The number of halogens is 3. The third kappa shape index (κ3) is 6.89. The van der Waals surface area contributed by atoms with Crippen LogP contribution in [0.2, 0.25) is 0 Å². The Morgan fingerprint density at radius 2 is 2.06 bits per heavy atom. The number of amides is 2. The zero-order valence-electron chi connectivity index (χ0n) is 9.84. The van der Waals surface area contributed by atoms with Gasteiger partial charge in [-0.2, -0.15) is 13.2 Å². The van der Waals surface area contributed by atoms with Gasteiger partial charge < -0.3 is 15.4 Å². The molecule has 0 saturated carbocycles. The van der Waals surface area contributed by atoms with Crippen LogP contribution >= 0.6 is 0 Å². The Labute approximate surface area is 102 Å². The van der Waals surface area contributed by atoms with E-state index in [0.717, 1.165) is 6.92 Å². The van der Waals surface area contributed by atoms with Crippen molar-refractivity contribution >= 4 is 11.8 Å². The van der Waals surface area contributed by atoms with Crippen molar-refractivity contribution in [3.8, 4) is 0 Å². The second-order valence-corrected chi connectivity index (χ2v) is 3.35. The number of carbonyl (C=O) groups excluding carboxylic acids is 2. The second-order valence-electron chi connectivity index (χ2n) is 3.35. The highest BCUT2D eigenvalue weighted by molar-refractivity contribution is 5.89. The lowest BCUT2D eigenvalue weighted by Crippen LogP contribution is -2.49. The van der Waals surface area contributed by atoms with E-state index in [4.69, 9.17) is 4.74 Å². The molecule has 5 nitrogen and oxygen atoms in total. The molecule has 0 fully saturated rings. The van der Waals surface area contributed by atoms with Crippen LogP contribution in [0.1, 0.15) is 6.92 Å². The minimum atomic E-state index is -5.00. The molecule has 8 heteroatoms. The molecule has 0 unspecified atom stereocenters. The first-order valence-electron chi connectivity index (χ1n) is 5.13. The van der Waals surface area contributed by atoms with Crippen molar-refractivity contribution in [3.05, 3.63) is 12.7 Å². The summed E-state index contributed by atoms with van der Waals surface area (Å²) in [6.45, 7) is 5.23. The lowest BCUT2D eigenvalue weighted by atomic mass is 10.3. The monoisotopic (exact) mass is 268 g/mol. The molecule has 0 rings (SSSR count). The molecule has 0 heterocycles. The third-order valence-corrected chi connectivity index (χ3v) is 1.78. The molecule has 0 aromatic carbocycles. The van der Waals surface area contributed by atoms with Gasteiger partial charge in [-0.05, 0) is 6.92 Å². The van der Waals surface area contributed by atoms with E-state index < -0.39 is 24.0 Å². The molecule has 0 bridgehead atoms. The van der Waals surface area contributed by atoms with E-state index in [0.29, 0.717) is 6.61 Å². The van der Waals surface area contributed by atoms with E-state index in [2.05, 4.69) is 11.9 Å². The number of rotatable bonds is 7. The van der Waals surface area contributed by atoms with Gasteiger partial charge in [0.2, 0.25) is 5.91 Å². The Bertz CT molecular complexity index is 305. The fourth-order valence-electron chi connectivity index (χ4n) is 0.910. The van der Waals surface area contributed by atoms with E-state index in [1.165, 1.54) is 11.4 Å². The van der Waals surface area contributed by atoms with Crippen molar-refractivity contribution in [2.24, 2.45) is 0 Å². The maximum Gasteiger partial charge on any atom is 0.471 e. The molecule has 0 aliphatic heterocycles. The first-order chi connectivity index (χ1) is 8.29. The van der Waals surface area contributed by atoms with Crippen LogP contribution in [0, 0.1) is 0 Å². The Morgan fingerprint density at radius 3 is 2.56 bits per heavy atom. The quantitative estimate of drug-likeness (QED) is 0.518. The molecule has 0 aromatic heterocycles. The summed E-state index contributed by atoms with van der Waals surface area (Å²) in [5.74, 6) is -2.86. The SMILES string of the molecule is C=CCOCCNC(=O)[C@H](C)NC(=O)C(F)(F)F. The van der Waals surface area contributed by atoms with Crippen molar-refractivity contribution in [3.63, 3.8) is 0 Å². The number of hydrogen-bond acceptors (Lipinski definition) is 3. The van der Waals surface area contributed by atoms with Gasteiger partial charge in [-0.25, -0.2) is 0 Å². The molecular weight excluding hydrogens is 253 g/mol. The summed E-state index contributed by atoms with van der Waals surface area (Å²) in [7, 11) is 0. The summed E-state index contributed by atoms with van der Waals surface area (Å²) in [4.78, 5) is 21.8. The van der Waals surface area contributed by atoms with Crippen LogP contribution in [0.15, 0.2) is 12.7 Å². The molecule has 2 amide bonds. The van der Waals surface area contributed by atoms with E-state index in [9.17, 15) is 22.8 Å². The fraction of sp³-hybridized carbons (Fsp3) is 0.600. The van der Waals surface area contributed by atoms with Crippen LogP contribution in [0.4, 0.5) is 13.2 Å². The Balaban J connectivity index is 3.90. The molecule has 0 spiro atoms. The summed E-state index contributed by atoms with van der Waals surface area (Å²) in [6, 6.07) is -1.27. The third-order valence-electron chi connectivity index (χ3n) is 1.78. The molecule has 2 N–H and O–H groups in total. The van der Waals surface area contributed by atoms with Gasteiger partial charge in [0, 0.05) is 6.54 Å². The number of carbonyl (C=O) groups is 2. The fourth-order valence-corrected chi connectivity index (χ4v) is 0.910. The van der Waals surface area contributed by atoms with Gasteiger partial charge in [-0.1, -0.05) is 6.08 Å². The molecule has 104 valence electrons. The Kier molecular flexibility index (Phi) is 7.03. The molecule has 0 aliphatic carbocycles. The van der Waals surface area contributed by atoms with Gasteiger partial charge in [0.25, 0.3) is 0 Å². The second kappa shape index (κ2) is 7.70. The van der Waals surface area contributed by atoms with Crippen LogP contribution in [0.3, 0.4) is 0 Å². The first-order valence-corrected chi connectivity index (χ1v) is 5.13. The molecule has 0 saturated heterocycles. The summed E-state index contributed by atoms with van der Waals surface area (Å²) >= 11 is 0. The maximum atomic E-state index is 11.9. The average molecular weight is 268 g/mol. The van der Waals surface area contributed by atoms with E-state index in [-0.39, 0.29) is 13.2 Å². The normalized spacial score (nSPS) is 12.7. The average Bonchev–Trinajstić information content (AvgIpc) is 2.27. The van der Waals surface area contributed by atoms with Gasteiger partial charge in [0.15, 0.2) is 0 Å². The first kappa shape index (κ1) is 16.4. The number of nitrogens with one attached hydrogen (secondary N) is 2. The van der Waals surface area contributed by atoms with Crippen LogP contribution in [0.5, 0.6) is 0 Å². The van der Waals surface area contributed by atoms with Crippen molar-refractivity contribution in [2.75, 3.05) is 19.8 Å². The van der Waals surface area contributed by atoms with Gasteiger partial charge in [0.1, 0.15) is 6.04 Å². The predicted octanol–water partition coefficient (Wildman–Crippen LogP) is 0.372. The van der Waals surface area contributed by atoms with E-state index in [1.54, 1.807) is 0 Å². The lowest BCUT2D eigenvalue weighted by Gasteiger charge is -2.15. The summed E-state index contributed by atoms with van der Waals surface area (Å²) in [6.07, 6.45) is -3.48. The zero-order chi connectivity index (χ0) is 14.2. The number of ether oxygens (including phenoxy) is 1. The van der Waals surface area contributed by atoms with Crippen molar-refractivity contribution in [1.29, 1.82) is 0 Å². The summed E-state index contributed by atoms with van der Waals surface area (Å²) < 4.78 is 40.6. The van der Waals surface area contributed by atoms with Crippen LogP contribution < -0.4 is 10.6 Å². The van der Waals surface area contributed by atoms with Gasteiger partial charge in [-0.3, -0.25) is 9.59 Å². The largest absolute Gasteiger partial charge is 0.471 e. The van der Waals surface area contributed by atoms with Gasteiger partial charge in [-0.15, -0.1) is 6.58 Å². The highest BCUT2D eigenvalue weighted by Gasteiger charge is 2.39. The van der Waals surface area contributed by atoms with Gasteiger partial charge in [0.05, 0.1) is 13.2 Å². The molecule has 0 aromatic rings. The molecule has 0 radical (unpaired) electrons. The van der Waals surface area contributed by atoms with Gasteiger partial charge >= 0.3 is 12.1 Å². The summed E-state index contributed by atoms with van der Waals surface area (Å²) in [5, 5.41) is 3.86. The van der Waals surface area contributed by atoms with Crippen molar-refractivity contribution in [1.82, 2.24) is 10.6 Å². The molecule has 18 heavy (non-hydrogen) atoms. The standard InChI is InChI=1S/C10H15F3N2O3/c1-3-5-18-6-4-14-8(16)7(2)15-9(17)10(11,12)13/h3,7H,1,4-6H2,2H3,(H,14,16)(H,15,17)/t7-/m0/s1. The van der Waals surface area contributed by atoms with E-state index in [1.807, 2.05) is 0 Å². The number of hydrogen-bond donors (Lipinski definition) is 2. The van der Waals surface area contributed by atoms with Crippen LogP contribution in [-0.4, -0.2) is 43.8 Å². The highest BCUT2D eigenvalue weighted by Crippen LogP contribution is 2.14. The molecule has 1 atom stereocenters. The van der Waals surface area contributed by atoms with Crippen LogP contribution in [0.25, 0.3) is 0 Å². The van der Waals surface area contributed by atoms with Crippen molar-refractivity contribution < 1.29 is 27.5 Å². The minimum Gasteiger partial charge on any atom is -0.376 e. The topological polar surface area (TPSA) is 67.4 Å². The van der Waals surface area contributed by atoms with E-state index >= 15 is 0 Å². The zero-order valence-corrected chi connectivity index (χ0v) is 9.84. The summed E-state index contributed by atoms with van der Waals surface area (Å²) in [5.41, 5.74) is 0. The number of alkyl halides is 3. The van der Waals surface area contributed by atoms with Crippen LogP contribution in [-0.2, 0) is 14.3 Å². The maximum absolute atomic E-state index is 11.9. The molecular formula is C10H15F3N2O3. The smallest absolute Gasteiger partial charge is 0.376 e. The Morgan fingerprint density at radius 1 is 1.44 bits per heavy atom. The van der Waals surface area contributed by atoms with Crippen molar-refractivity contribution in [2.45, 2.75) is 19.1 Å². The predicted molar refractivity (Wildman–Crippen MR) is 57.7 cm³/mol. The molecule has 0 aliphatic rings.